The SMILES string of the molecule is CC.COc1ccc(CN)cc1Cl. The van der Waals surface area contributed by atoms with Gasteiger partial charge in [0, 0.05) is 6.54 Å². The van der Waals surface area contributed by atoms with Crippen molar-refractivity contribution in [2.75, 3.05) is 7.11 Å². The molecule has 3 heteroatoms. The average molecular weight is 202 g/mol. The molecule has 0 aliphatic heterocycles. The molecule has 0 saturated heterocycles. The fourth-order valence-electron chi connectivity index (χ4n) is 0.837. The van der Waals surface area contributed by atoms with Gasteiger partial charge in [-0.3, -0.25) is 0 Å². The Morgan fingerprint density at radius 3 is 2.38 bits per heavy atom. The van der Waals surface area contributed by atoms with E-state index in [2.05, 4.69) is 0 Å². The molecule has 0 radical (unpaired) electrons. The third-order valence-corrected chi connectivity index (χ3v) is 1.75. The van der Waals surface area contributed by atoms with Crippen LogP contribution in [-0.4, -0.2) is 7.11 Å². The van der Waals surface area contributed by atoms with Gasteiger partial charge in [0.2, 0.25) is 0 Å². The topological polar surface area (TPSA) is 35.2 Å². The molecule has 1 aromatic rings. The number of ether oxygens (including phenoxy) is 1. The maximum Gasteiger partial charge on any atom is 0.137 e. The Morgan fingerprint density at radius 1 is 1.38 bits per heavy atom. The Balaban J connectivity index is 0.000000671. The van der Waals surface area contributed by atoms with E-state index in [9.17, 15) is 0 Å². The fourth-order valence-corrected chi connectivity index (χ4v) is 1.12. The van der Waals surface area contributed by atoms with Gasteiger partial charge in [-0.05, 0) is 17.7 Å². The summed E-state index contributed by atoms with van der Waals surface area (Å²) < 4.78 is 4.97. The third kappa shape index (κ3) is 3.66. The van der Waals surface area contributed by atoms with Gasteiger partial charge in [-0.1, -0.05) is 31.5 Å². The zero-order chi connectivity index (χ0) is 10.3. The molecule has 0 spiro atoms. The first-order valence-electron chi connectivity index (χ1n) is 4.30. The predicted molar refractivity (Wildman–Crippen MR) is 57.2 cm³/mol. The van der Waals surface area contributed by atoms with Crippen molar-refractivity contribution in [2.45, 2.75) is 20.4 Å². The van der Waals surface area contributed by atoms with E-state index in [0.29, 0.717) is 17.3 Å². The molecule has 2 N–H and O–H groups in total. The molecule has 0 atom stereocenters. The van der Waals surface area contributed by atoms with Gasteiger partial charge in [0.05, 0.1) is 12.1 Å². The van der Waals surface area contributed by atoms with E-state index in [1.165, 1.54) is 0 Å². The fraction of sp³-hybridized carbons (Fsp3) is 0.400. The first-order chi connectivity index (χ1) is 6.27. The molecule has 1 rings (SSSR count). The molecule has 2 nitrogen and oxygen atoms in total. The Bertz CT molecular complexity index is 251. The van der Waals surface area contributed by atoms with Crippen LogP contribution in [0.1, 0.15) is 19.4 Å². The lowest BCUT2D eigenvalue weighted by molar-refractivity contribution is 0.415. The summed E-state index contributed by atoms with van der Waals surface area (Å²) in [7, 11) is 1.59. The minimum atomic E-state index is 0.504. The molecule has 0 aliphatic carbocycles. The van der Waals surface area contributed by atoms with Gasteiger partial charge < -0.3 is 10.5 Å². The number of hydrogen-bond donors (Lipinski definition) is 1. The number of halogens is 1. The lowest BCUT2D eigenvalue weighted by Gasteiger charge is -2.03. The first kappa shape index (κ1) is 12.3. The van der Waals surface area contributed by atoms with E-state index in [1.807, 2.05) is 26.0 Å². The number of methoxy groups -OCH3 is 1. The number of rotatable bonds is 2. The second-order valence-electron chi connectivity index (χ2n) is 2.17. The van der Waals surface area contributed by atoms with Crippen molar-refractivity contribution >= 4 is 11.6 Å². The molecule has 0 unspecified atom stereocenters. The van der Waals surface area contributed by atoms with Crippen molar-refractivity contribution in [3.8, 4) is 5.75 Å². The molecule has 0 aromatic heterocycles. The van der Waals surface area contributed by atoms with Gasteiger partial charge in [-0.25, -0.2) is 0 Å². The van der Waals surface area contributed by atoms with Gasteiger partial charge in [-0.2, -0.15) is 0 Å². The molecule has 0 aliphatic rings. The number of benzene rings is 1. The summed E-state index contributed by atoms with van der Waals surface area (Å²) in [6.07, 6.45) is 0. The molecule has 1 aromatic carbocycles. The van der Waals surface area contributed by atoms with Gasteiger partial charge in [0.25, 0.3) is 0 Å². The lowest BCUT2D eigenvalue weighted by Crippen LogP contribution is -1.96. The van der Waals surface area contributed by atoms with Crippen LogP contribution in [0.2, 0.25) is 5.02 Å². The van der Waals surface area contributed by atoms with Gasteiger partial charge >= 0.3 is 0 Å². The average Bonchev–Trinajstić information content (AvgIpc) is 2.20. The monoisotopic (exact) mass is 201 g/mol. The second-order valence-corrected chi connectivity index (χ2v) is 2.58. The van der Waals surface area contributed by atoms with Crippen LogP contribution < -0.4 is 10.5 Å². The van der Waals surface area contributed by atoms with E-state index < -0.39 is 0 Å². The minimum Gasteiger partial charge on any atom is -0.495 e. The summed E-state index contributed by atoms with van der Waals surface area (Å²) in [6, 6.07) is 5.51. The predicted octanol–water partition coefficient (Wildman–Crippen LogP) is 2.83. The Labute approximate surface area is 84.7 Å². The third-order valence-electron chi connectivity index (χ3n) is 1.45. The van der Waals surface area contributed by atoms with Crippen LogP contribution in [0.15, 0.2) is 18.2 Å². The van der Waals surface area contributed by atoms with Crippen LogP contribution in [0.5, 0.6) is 5.75 Å². The molecule has 13 heavy (non-hydrogen) atoms. The van der Waals surface area contributed by atoms with Gasteiger partial charge in [0.1, 0.15) is 5.75 Å². The Kier molecular flexibility index (Phi) is 6.37. The normalized spacial score (nSPS) is 8.69. The molecule has 0 saturated carbocycles. The summed E-state index contributed by atoms with van der Waals surface area (Å²) in [6.45, 7) is 4.50. The molecule has 74 valence electrons. The zero-order valence-electron chi connectivity index (χ0n) is 8.30. The smallest absolute Gasteiger partial charge is 0.137 e. The summed E-state index contributed by atoms with van der Waals surface area (Å²) in [5.41, 5.74) is 6.42. The van der Waals surface area contributed by atoms with E-state index in [4.69, 9.17) is 22.1 Å². The van der Waals surface area contributed by atoms with Crippen molar-refractivity contribution in [2.24, 2.45) is 5.73 Å². The molecular weight excluding hydrogens is 186 g/mol. The summed E-state index contributed by atoms with van der Waals surface area (Å²) in [5, 5.41) is 0.607. The molecule has 0 fully saturated rings. The van der Waals surface area contributed by atoms with Crippen LogP contribution in [0.25, 0.3) is 0 Å². The maximum absolute atomic E-state index is 5.83. The van der Waals surface area contributed by atoms with Crippen molar-refractivity contribution < 1.29 is 4.74 Å². The number of hydrogen-bond acceptors (Lipinski definition) is 2. The second kappa shape index (κ2) is 6.75. The van der Waals surface area contributed by atoms with Crippen LogP contribution in [-0.2, 0) is 6.54 Å². The van der Waals surface area contributed by atoms with Crippen molar-refractivity contribution in [3.63, 3.8) is 0 Å². The largest absolute Gasteiger partial charge is 0.495 e. The summed E-state index contributed by atoms with van der Waals surface area (Å²) in [4.78, 5) is 0. The van der Waals surface area contributed by atoms with E-state index in [0.717, 1.165) is 5.56 Å². The highest BCUT2D eigenvalue weighted by Crippen LogP contribution is 2.24. The highest BCUT2D eigenvalue weighted by Gasteiger charge is 1.99. The van der Waals surface area contributed by atoms with Crippen molar-refractivity contribution in [3.05, 3.63) is 28.8 Å². The highest BCUT2D eigenvalue weighted by atomic mass is 35.5. The van der Waals surface area contributed by atoms with Crippen LogP contribution in [0, 0.1) is 0 Å². The molecule has 0 heterocycles. The first-order valence-corrected chi connectivity index (χ1v) is 4.68. The highest BCUT2D eigenvalue weighted by molar-refractivity contribution is 6.32. The quantitative estimate of drug-likeness (QED) is 0.799. The molecular formula is C10H16ClNO. The number of nitrogens with two attached hydrogens (primary N) is 1. The van der Waals surface area contributed by atoms with Crippen molar-refractivity contribution in [1.82, 2.24) is 0 Å². The molecule has 0 bridgehead atoms. The van der Waals surface area contributed by atoms with Gasteiger partial charge in [-0.15, -0.1) is 0 Å². The van der Waals surface area contributed by atoms with Gasteiger partial charge in [0.15, 0.2) is 0 Å². The lowest BCUT2D eigenvalue weighted by atomic mass is 10.2. The Hall–Kier alpha value is -0.730. The van der Waals surface area contributed by atoms with Crippen LogP contribution in [0.4, 0.5) is 0 Å². The van der Waals surface area contributed by atoms with E-state index >= 15 is 0 Å². The van der Waals surface area contributed by atoms with E-state index in [-0.39, 0.29) is 0 Å². The van der Waals surface area contributed by atoms with Crippen LogP contribution in [0.3, 0.4) is 0 Å². The standard InChI is InChI=1S/C8H10ClNO.C2H6/c1-11-8-3-2-6(5-10)4-7(8)9;1-2/h2-4H,5,10H2,1H3;1-2H3. The van der Waals surface area contributed by atoms with Crippen LogP contribution >= 0.6 is 11.6 Å². The van der Waals surface area contributed by atoms with Crippen molar-refractivity contribution in [1.29, 1.82) is 0 Å². The minimum absolute atomic E-state index is 0.504. The zero-order valence-corrected chi connectivity index (χ0v) is 9.06. The maximum atomic E-state index is 5.83. The Morgan fingerprint density at radius 2 is 2.00 bits per heavy atom. The van der Waals surface area contributed by atoms with E-state index in [1.54, 1.807) is 13.2 Å². The molecule has 0 amide bonds. The summed E-state index contributed by atoms with van der Waals surface area (Å²) >= 11 is 5.83. The summed E-state index contributed by atoms with van der Waals surface area (Å²) in [5.74, 6) is 0.684.